The lowest BCUT2D eigenvalue weighted by molar-refractivity contribution is 0.0633. The van der Waals surface area contributed by atoms with Gasteiger partial charge in [0.25, 0.3) is 5.91 Å². The van der Waals surface area contributed by atoms with E-state index in [0.29, 0.717) is 24.5 Å². The molecule has 0 bridgehead atoms. The molecule has 2 N–H and O–H groups in total. The van der Waals surface area contributed by atoms with E-state index in [2.05, 4.69) is 4.98 Å². The van der Waals surface area contributed by atoms with E-state index in [1.54, 1.807) is 18.5 Å². The minimum Gasteiger partial charge on any atom is -0.488 e. The molecule has 1 aromatic carbocycles. The predicted molar refractivity (Wildman–Crippen MR) is 102 cm³/mol. The van der Waals surface area contributed by atoms with E-state index in [9.17, 15) is 4.79 Å². The summed E-state index contributed by atoms with van der Waals surface area (Å²) in [5, 5.41) is 0. The zero-order valence-corrected chi connectivity index (χ0v) is 15.3. The molecule has 1 amide bonds. The van der Waals surface area contributed by atoms with E-state index in [1.165, 1.54) is 0 Å². The fraction of sp³-hybridized carbons (Fsp3) is 0.429. The smallest absolute Gasteiger partial charge is 0.259 e. The van der Waals surface area contributed by atoms with E-state index >= 15 is 0 Å². The number of carbonyl (C=O) groups excluding carboxylic acids is 1. The maximum atomic E-state index is 13.2. The summed E-state index contributed by atoms with van der Waals surface area (Å²) in [6.07, 6.45) is 7.24. The first-order valence-electron chi connectivity index (χ1n) is 9.36. The molecule has 1 aliphatic carbocycles. The summed E-state index contributed by atoms with van der Waals surface area (Å²) < 4.78 is 5.94. The van der Waals surface area contributed by atoms with Gasteiger partial charge in [0.05, 0.1) is 5.56 Å². The number of hydrogen-bond donors (Lipinski definition) is 1. The third kappa shape index (κ3) is 4.41. The molecule has 5 heteroatoms. The number of hydrogen-bond acceptors (Lipinski definition) is 4. The molecule has 138 valence electrons. The van der Waals surface area contributed by atoms with Crippen LogP contribution in [0.3, 0.4) is 0 Å². The Hall–Kier alpha value is -2.40. The van der Waals surface area contributed by atoms with Crippen molar-refractivity contribution in [1.29, 1.82) is 0 Å². The molecule has 1 aliphatic rings. The molecule has 1 heterocycles. The van der Waals surface area contributed by atoms with Crippen molar-refractivity contribution in [2.45, 2.75) is 51.3 Å². The van der Waals surface area contributed by atoms with E-state index in [-0.39, 0.29) is 18.0 Å². The third-order valence-corrected chi connectivity index (χ3v) is 4.98. The Kier molecular flexibility index (Phi) is 6.23. The first-order chi connectivity index (χ1) is 12.7. The van der Waals surface area contributed by atoms with E-state index in [1.807, 2.05) is 42.2 Å². The Morgan fingerprint density at radius 1 is 1.27 bits per heavy atom. The van der Waals surface area contributed by atoms with Crippen molar-refractivity contribution >= 4 is 5.91 Å². The standard InChI is InChI=1S/C21H27N3O2/c1-2-24(18-10-6-9-17(22)13-18)21(25)19-14-23-12-11-20(19)26-15-16-7-4-3-5-8-16/h3-5,7-8,11-12,14,17-18H,2,6,9-10,13,15,22H2,1H3/t17-,18+/m0/s1. The summed E-state index contributed by atoms with van der Waals surface area (Å²) >= 11 is 0. The number of aromatic nitrogens is 1. The zero-order valence-electron chi connectivity index (χ0n) is 15.3. The lowest BCUT2D eigenvalue weighted by Gasteiger charge is -2.36. The van der Waals surface area contributed by atoms with E-state index < -0.39 is 0 Å². The average Bonchev–Trinajstić information content (AvgIpc) is 2.68. The summed E-state index contributed by atoms with van der Waals surface area (Å²) in [5.74, 6) is 0.551. The van der Waals surface area contributed by atoms with Crippen LogP contribution in [0.2, 0.25) is 0 Å². The molecular weight excluding hydrogens is 326 g/mol. The molecule has 0 radical (unpaired) electrons. The number of nitrogens with zero attached hydrogens (tertiary/aromatic N) is 2. The summed E-state index contributed by atoms with van der Waals surface area (Å²) in [6, 6.07) is 12.1. The van der Waals surface area contributed by atoms with Crippen molar-refractivity contribution in [3.8, 4) is 5.75 Å². The molecule has 1 aromatic heterocycles. The van der Waals surface area contributed by atoms with Crippen molar-refractivity contribution < 1.29 is 9.53 Å². The molecule has 0 spiro atoms. The van der Waals surface area contributed by atoms with Gasteiger partial charge in [0, 0.05) is 31.0 Å². The number of benzene rings is 1. The molecule has 1 fully saturated rings. The topological polar surface area (TPSA) is 68.5 Å². The van der Waals surface area contributed by atoms with Gasteiger partial charge in [-0.2, -0.15) is 0 Å². The Labute approximate surface area is 155 Å². The van der Waals surface area contributed by atoms with Gasteiger partial charge in [-0.3, -0.25) is 9.78 Å². The van der Waals surface area contributed by atoms with Crippen molar-refractivity contribution in [3.05, 3.63) is 59.9 Å². The Bertz CT molecular complexity index is 720. The monoisotopic (exact) mass is 353 g/mol. The van der Waals surface area contributed by atoms with Gasteiger partial charge in [-0.15, -0.1) is 0 Å². The highest BCUT2D eigenvalue weighted by molar-refractivity contribution is 5.96. The van der Waals surface area contributed by atoms with Crippen LogP contribution in [0.25, 0.3) is 0 Å². The highest BCUT2D eigenvalue weighted by atomic mass is 16.5. The van der Waals surface area contributed by atoms with Crippen molar-refractivity contribution in [2.24, 2.45) is 5.73 Å². The number of carbonyl (C=O) groups is 1. The Morgan fingerprint density at radius 2 is 2.08 bits per heavy atom. The summed E-state index contributed by atoms with van der Waals surface area (Å²) in [6.45, 7) is 3.09. The number of pyridine rings is 1. The normalized spacial score (nSPS) is 19.8. The third-order valence-electron chi connectivity index (χ3n) is 4.98. The predicted octanol–water partition coefficient (Wildman–Crippen LogP) is 3.39. The summed E-state index contributed by atoms with van der Waals surface area (Å²) in [5.41, 5.74) is 7.70. The van der Waals surface area contributed by atoms with Crippen LogP contribution in [0.5, 0.6) is 5.75 Å². The van der Waals surface area contributed by atoms with Gasteiger partial charge in [0.2, 0.25) is 0 Å². The highest BCUT2D eigenvalue weighted by Crippen LogP contribution is 2.26. The zero-order chi connectivity index (χ0) is 18.4. The number of rotatable bonds is 6. The Morgan fingerprint density at radius 3 is 2.81 bits per heavy atom. The van der Waals surface area contributed by atoms with E-state index in [0.717, 1.165) is 31.2 Å². The van der Waals surface area contributed by atoms with E-state index in [4.69, 9.17) is 10.5 Å². The fourth-order valence-corrected chi connectivity index (χ4v) is 3.61. The van der Waals surface area contributed by atoms with Gasteiger partial charge in [-0.25, -0.2) is 0 Å². The molecule has 5 nitrogen and oxygen atoms in total. The van der Waals surface area contributed by atoms with Crippen molar-refractivity contribution in [3.63, 3.8) is 0 Å². The molecule has 0 aliphatic heterocycles. The molecule has 2 atom stereocenters. The van der Waals surface area contributed by atoms with Crippen LogP contribution >= 0.6 is 0 Å². The van der Waals surface area contributed by atoms with Crippen LogP contribution in [0.4, 0.5) is 0 Å². The summed E-state index contributed by atoms with van der Waals surface area (Å²) in [7, 11) is 0. The minimum absolute atomic E-state index is 0.0252. The first kappa shape index (κ1) is 18.4. The second-order valence-corrected chi connectivity index (χ2v) is 6.82. The SMILES string of the molecule is CCN(C(=O)c1cnccc1OCc1ccccc1)[C@@H]1CCC[C@H](N)C1. The van der Waals surface area contributed by atoms with Crippen LogP contribution in [0.1, 0.15) is 48.5 Å². The van der Waals surface area contributed by atoms with Crippen molar-refractivity contribution in [2.75, 3.05) is 6.54 Å². The maximum absolute atomic E-state index is 13.2. The van der Waals surface area contributed by atoms with Gasteiger partial charge in [0.1, 0.15) is 12.4 Å². The van der Waals surface area contributed by atoms with Gasteiger partial charge >= 0.3 is 0 Å². The molecule has 26 heavy (non-hydrogen) atoms. The van der Waals surface area contributed by atoms with Crippen LogP contribution in [0, 0.1) is 0 Å². The van der Waals surface area contributed by atoms with Gasteiger partial charge < -0.3 is 15.4 Å². The molecule has 2 aromatic rings. The Balaban J connectivity index is 1.75. The number of nitrogens with two attached hydrogens (primary N) is 1. The molecular formula is C21H27N3O2. The largest absolute Gasteiger partial charge is 0.488 e. The second kappa shape index (κ2) is 8.81. The average molecular weight is 353 g/mol. The van der Waals surface area contributed by atoms with Gasteiger partial charge in [-0.05, 0) is 44.2 Å². The van der Waals surface area contributed by atoms with Gasteiger partial charge in [0.15, 0.2) is 0 Å². The lowest BCUT2D eigenvalue weighted by atomic mass is 9.90. The highest BCUT2D eigenvalue weighted by Gasteiger charge is 2.29. The minimum atomic E-state index is -0.0252. The maximum Gasteiger partial charge on any atom is 0.259 e. The number of amides is 1. The van der Waals surface area contributed by atoms with Gasteiger partial charge in [-0.1, -0.05) is 30.3 Å². The number of ether oxygens (including phenoxy) is 1. The fourth-order valence-electron chi connectivity index (χ4n) is 3.61. The first-order valence-corrected chi connectivity index (χ1v) is 9.36. The molecule has 0 saturated heterocycles. The van der Waals surface area contributed by atoms with Crippen LogP contribution in [0.15, 0.2) is 48.8 Å². The van der Waals surface area contributed by atoms with Crippen LogP contribution < -0.4 is 10.5 Å². The lowest BCUT2D eigenvalue weighted by Crippen LogP contribution is -2.45. The van der Waals surface area contributed by atoms with Crippen LogP contribution in [-0.2, 0) is 6.61 Å². The van der Waals surface area contributed by atoms with Crippen LogP contribution in [-0.4, -0.2) is 34.4 Å². The quantitative estimate of drug-likeness (QED) is 0.864. The second-order valence-electron chi connectivity index (χ2n) is 6.82. The summed E-state index contributed by atoms with van der Waals surface area (Å²) in [4.78, 5) is 19.2. The molecule has 1 saturated carbocycles. The van der Waals surface area contributed by atoms with Crippen molar-refractivity contribution in [1.82, 2.24) is 9.88 Å². The molecule has 0 unspecified atom stereocenters. The molecule has 3 rings (SSSR count).